The van der Waals surface area contributed by atoms with E-state index >= 15 is 0 Å². The molecule has 0 amide bonds. The van der Waals surface area contributed by atoms with Gasteiger partial charge in [0.25, 0.3) is 0 Å². The Bertz CT molecular complexity index is 573. The van der Waals surface area contributed by atoms with Crippen molar-refractivity contribution < 1.29 is 13.2 Å². The molecule has 0 unspecified atom stereocenters. The molecule has 1 saturated carbocycles. The molecule has 2 N–H and O–H groups in total. The topological polar surface area (TPSA) is 69.4 Å². The summed E-state index contributed by atoms with van der Waals surface area (Å²) in [6.07, 6.45) is 6.80. The van der Waals surface area contributed by atoms with Gasteiger partial charge in [0, 0.05) is 0 Å². The van der Waals surface area contributed by atoms with Crippen molar-refractivity contribution in [3.8, 4) is 5.75 Å². The van der Waals surface area contributed by atoms with Gasteiger partial charge in [-0.15, -0.1) is 0 Å². The van der Waals surface area contributed by atoms with E-state index < -0.39 is 10.0 Å². The van der Waals surface area contributed by atoms with Gasteiger partial charge in [-0.05, 0) is 56.7 Å². The number of ether oxygens (including phenoxy) is 1. The zero-order chi connectivity index (χ0) is 14.8. The first kappa shape index (κ1) is 15.3. The molecule has 1 aromatic carbocycles. The molecule has 0 atom stereocenters. The summed E-state index contributed by atoms with van der Waals surface area (Å²) in [4.78, 5) is 0.110. The summed E-state index contributed by atoms with van der Waals surface area (Å²) in [5.74, 6) is 0.435. The van der Waals surface area contributed by atoms with Crippen LogP contribution in [0.4, 0.5) is 0 Å². The predicted octanol–water partition coefficient (Wildman–Crippen LogP) is 3.05. The molecule has 2 rings (SSSR count). The first-order chi connectivity index (χ1) is 9.38. The van der Waals surface area contributed by atoms with E-state index in [9.17, 15) is 8.42 Å². The third kappa shape index (κ3) is 3.73. The van der Waals surface area contributed by atoms with Crippen molar-refractivity contribution in [2.45, 2.75) is 63.4 Å². The fourth-order valence-electron chi connectivity index (χ4n) is 2.80. The smallest absolute Gasteiger partial charge is 0.241 e. The van der Waals surface area contributed by atoms with Gasteiger partial charge in [0.05, 0.1) is 6.10 Å². The molecule has 5 heteroatoms. The predicted molar refractivity (Wildman–Crippen MR) is 79.4 cm³/mol. The molecule has 0 saturated heterocycles. The Hall–Kier alpha value is -1.07. The molecule has 20 heavy (non-hydrogen) atoms. The van der Waals surface area contributed by atoms with Crippen LogP contribution in [0.3, 0.4) is 0 Å². The van der Waals surface area contributed by atoms with Crippen LogP contribution in [0.5, 0.6) is 5.75 Å². The largest absolute Gasteiger partial charge is 0.489 e. The van der Waals surface area contributed by atoms with Crippen molar-refractivity contribution in [3.63, 3.8) is 0 Å². The lowest BCUT2D eigenvalue weighted by Crippen LogP contribution is -2.20. The quantitative estimate of drug-likeness (QED) is 0.872. The number of sulfonamides is 1. The highest BCUT2D eigenvalue weighted by Gasteiger charge is 2.22. The van der Waals surface area contributed by atoms with Crippen LogP contribution < -0.4 is 9.88 Å². The van der Waals surface area contributed by atoms with E-state index in [-0.39, 0.29) is 11.0 Å². The van der Waals surface area contributed by atoms with Crippen molar-refractivity contribution in [3.05, 3.63) is 23.3 Å². The van der Waals surface area contributed by atoms with Gasteiger partial charge in [-0.2, -0.15) is 0 Å². The number of primary sulfonamides is 1. The molecule has 0 heterocycles. The Morgan fingerprint density at radius 2 is 1.70 bits per heavy atom. The highest BCUT2D eigenvalue weighted by Crippen LogP contribution is 2.32. The summed E-state index contributed by atoms with van der Waals surface area (Å²) in [6, 6.07) is 3.52. The van der Waals surface area contributed by atoms with Gasteiger partial charge < -0.3 is 4.74 Å². The Kier molecular flexibility index (Phi) is 4.70. The Morgan fingerprint density at radius 1 is 1.10 bits per heavy atom. The lowest BCUT2D eigenvalue weighted by Gasteiger charge is -2.21. The van der Waals surface area contributed by atoms with Gasteiger partial charge in [0.1, 0.15) is 10.6 Å². The average molecular weight is 297 g/mol. The van der Waals surface area contributed by atoms with Crippen molar-refractivity contribution in [1.82, 2.24) is 0 Å². The Labute approximate surface area is 121 Å². The highest BCUT2D eigenvalue weighted by molar-refractivity contribution is 7.89. The number of benzene rings is 1. The van der Waals surface area contributed by atoms with Gasteiger partial charge >= 0.3 is 0 Å². The molecule has 0 spiro atoms. The summed E-state index contributed by atoms with van der Waals surface area (Å²) in [5.41, 5.74) is 1.71. The average Bonchev–Trinajstić information content (AvgIpc) is 2.59. The summed E-state index contributed by atoms with van der Waals surface area (Å²) in [5, 5.41) is 5.32. The molecule has 1 aliphatic rings. The van der Waals surface area contributed by atoms with E-state index in [1.165, 1.54) is 12.8 Å². The molecule has 0 bridgehead atoms. The van der Waals surface area contributed by atoms with E-state index in [1.54, 1.807) is 6.07 Å². The van der Waals surface area contributed by atoms with Crippen LogP contribution in [0, 0.1) is 13.8 Å². The number of hydrogen-bond donors (Lipinski definition) is 1. The van der Waals surface area contributed by atoms with E-state index in [2.05, 4.69) is 0 Å². The van der Waals surface area contributed by atoms with E-state index in [1.807, 2.05) is 19.9 Å². The maximum Gasteiger partial charge on any atom is 0.241 e. The summed E-state index contributed by atoms with van der Waals surface area (Å²) >= 11 is 0. The maximum atomic E-state index is 11.8. The SMILES string of the molecule is Cc1cc(C)c(OC2CCCCCC2)c(S(N)(=O)=O)c1. The van der Waals surface area contributed by atoms with Gasteiger partial charge in [0.15, 0.2) is 0 Å². The molecule has 4 nitrogen and oxygen atoms in total. The minimum Gasteiger partial charge on any atom is -0.489 e. The van der Waals surface area contributed by atoms with Crippen LogP contribution in [-0.2, 0) is 10.0 Å². The highest BCUT2D eigenvalue weighted by atomic mass is 32.2. The van der Waals surface area contributed by atoms with Gasteiger partial charge in [-0.1, -0.05) is 18.9 Å². The van der Waals surface area contributed by atoms with E-state index in [4.69, 9.17) is 9.88 Å². The molecule has 0 radical (unpaired) electrons. The van der Waals surface area contributed by atoms with Crippen LogP contribution >= 0.6 is 0 Å². The van der Waals surface area contributed by atoms with E-state index in [0.29, 0.717) is 5.75 Å². The molecule has 0 aliphatic heterocycles. The molecule has 1 fully saturated rings. The molecule has 1 aromatic rings. The van der Waals surface area contributed by atoms with Crippen LogP contribution in [0.2, 0.25) is 0 Å². The third-order valence-corrected chi connectivity index (χ3v) is 4.69. The number of aryl methyl sites for hydroxylation is 2. The van der Waals surface area contributed by atoms with E-state index in [0.717, 1.165) is 36.8 Å². The monoisotopic (exact) mass is 297 g/mol. The second kappa shape index (κ2) is 6.14. The zero-order valence-corrected chi connectivity index (χ0v) is 13.0. The second-order valence-electron chi connectivity index (χ2n) is 5.69. The number of rotatable bonds is 3. The van der Waals surface area contributed by atoms with Crippen LogP contribution in [0.1, 0.15) is 49.7 Å². The van der Waals surface area contributed by atoms with Gasteiger partial charge in [-0.25, -0.2) is 13.6 Å². The molecular formula is C15H23NO3S. The number of nitrogens with two attached hydrogens (primary N) is 1. The zero-order valence-electron chi connectivity index (χ0n) is 12.2. The van der Waals surface area contributed by atoms with Crippen molar-refractivity contribution >= 4 is 10.0 Å². The third-order valence-electron chi connectivity index (χ3n) is 3.78. The lowest BCUT2D eigenvalue weighted by atomic mass is 10.1. The van der Waals surface area contributed by atoms with Crippen LogP contribution in [-0.4, -0.2) is 14.5 Å². The van der Waals surface area contributed by atoms with Crippen LogP contribution in [0.25, 0.3) is 0 Å². The summed E-state index contributed by atoms with van der Waals surface area (Å²) in [6.45, 7) is 3.73. The first-order valence-electron chi connectivity index (χ1n) is 7.18. The molecule has 0 aromatic heterocycles. The normalized spacial score (nSPS) is 17.8. The van der Waals surface area contributed by atoms with Crippen LogP contribution in [0.15, 0.2) is 17.0 Å². The molecule has 112 valence electrons. The van der Waals surface area contributed by atoms with Crippen molar-refractivity contribution in [2.75, 3.05) is 0 Å². The van der Waals surface area contributed by atoms with Gasteiger partial charge in [-0.3, -0.25) is 0 Å². The lowest BCUT2D eigenvalue weighted by molar-refractivity contribution is 0.177. The van der Waals surface area contributed by atoms with Crippen molar-refractivity contribution in [1.29, 1.82) is 0 Å². The fourth-order valence-corrected chi connectivity index (χ4v) is 3.62. The maximum absolute atomic E-state index is 11.8. The number of hydrogen-bond acceptors (Lipinski definition) is 3. The van der Waals surface area contributed by atoms with Crippen molar-refractivity contribution in [2.24, 2.45) is 5.14 Å². The van der Waals surface area contributed by atoms with Gasteiger partial charge in [0.2, 0.25) is 10.0 Å². The molecule has 1 aliphatic carbocycles. The second-order valence-corrected chi connectivity index (χ2v) is 7.22. The molecular weight excluding hydrogens is 274 g/mol. The Morgan fingerprint density at radius 3 is 2.25 bits per heavy atom. The summed E-state index contributed by atoms with van der Waals surface area (Å²) < 4.78 is 29.6. The standard InChI is InChI=1S/C15H23NO3S/c1-11-9-12(2)15(14(10-11)20(16,17)18)19-13-7-5-3-4-6-8-13/h9-10,13H,3-8H2,1-2H3,(H2,16,17,18). The summed E-state index contributed by atoms with van der Waals surface area (Å²) in [7, 11) is -3.76. The minimum absolute atomic E-state index is 0.0967. The first-order valence-corrected chi connectivity index (χ1v) is 8.73. The fraction of sp³-hybridized carbons (Fsp3) is 0.600. The minimum atomic E-state index is -3.76. The Balaban J connectivity index is 2.34.